The molecule has 0 spiro atoms. The van der Waals surface area contributed by atoms with Gasteiger partial charge in [0.15, 0.2) is 6.61 Å². The molecule has 0 aromatic heterocycles. The number of nitrogens with zero attached hydrogens (tertiary/aromatic N) is 2. The summed E-state index contributed by atoms with van der Waals surface area (Å²) in [5.74, 6) is -1.41. The maximum atomic E-state index is 12.6. The Balaban J connectivity index is 2.17. The molecule has 0 aliphatic carbocycles. The highest BCUT2D eigenvalue weighted by molar-refractivity contribution is 5.95. The highest BCUT2D eigenvalue weighted by Gasteiger charge is 2.21. The Hall–Kier alpha value is -3.34. The summed E-state index contributed by atoms with van der Waals surface area (Å²) in [4.78, 5) is 53.0. The molecule has 0 radical (unpaired) electrons. The Morgan fingerprint density at radius 3 is 2.53 bits per heavy atom. The molecule has 2 atom stereocenters. The number of phenols is 1. The summed E-state index contributed by atoms with van der Waals surface area (Å²) >= 11 is 0. The fraction of sp³-hybridized carbons (Fsp3) is 0.565. The molecular formula is C23H35N5O6. The van der Waals surface area contributed by atoms with Crippen LogP contribution in [0.3, 0.4) is 0 Å². The van der Waals surface area contributed by atoms with Crippen molar-refractivity contribution >= 4 is 23.6 Å². The van der Waals surface area contributed by atoms with Gasteiger partial charge in [0.1, 0.15) is 17.5 Å². The number of nitrogens with two attached hydrogens (primary N) is 1. The number of carbonyl (C=O) groups excluding carboxylic acids is 4. The first-order chi connectivity index (χ1) is 16.1. The zero-order valence-corrected chi connectivity index (χ0v) is 20.0. The van der Waals surface area contributed by atoms with Gasteiger partial charge >= 0.3 is 0 Å². The smallest absolute Gasteiger partial charge is 0.258 e. The van der Waals surface area contributed by atoms with Gasteiger partial charge in [0.2, 0.25) is 11.8 Å². The quantitative estimate of drug-likeness (QED) is 0.438. The first-order valence-electron chi connectivity index (χ1n) is 11.4. The third kappa shape index (κ3) is 8.22. The van der Waals surface area contributed by atoms with Crippen molar-refractivity contribution in [2.75, 3.05) is 39.8 Å². The molecule has 1 aliphatic rings. The van der Waals surface area contributed by atoms with E-state index in [1.807, 2.05) is 0 Å². The van der Waals surface area contributed by atoms with Gasteiger partial charge in [-0.05, 0) is 45.2 Å². The van der Waals surface area contributed by atoms with Gasteiger partial charge in [-0.2, -0.15) is 0 Å². The topological polar surface area (TPSA) is 154 Å². The van der Waals surface area contributed by atoms with E-state index >= 15 is 0 Å². The highest BCUT2D eigenvalue weighted by Crippen LogP contribution is 2.22. The number of hydrogen-bond donors (Lipinski definition) is 4. The number of fused-ring (bicyclic) bond motifs is 2. The molecule has 1 heterocycles. The van der Waals surface area contributed by atoms with E-state index in [9.17, 15) is 24.3 Å². The maximum absolute atomic E-state index is 12.6. The summed E-state index contributed by atoms with van der Waals surface area (Å²) in [7, 11) is 1.66. The molecule has 2 bridgehead atoms. The summed E-state index contributed by atoms with van der Waals surface area (Å²) in [5, 5.41) is 15.3. The number of nitrogens with one attached hydrogen (secondary N) is 2. The predicted octanol–water partition coefficient (Wildman–Crippen LogP) is -0.176. The molecule has 34 heavy (non-hydrogen) atoms. The predicted molar refractivity (Wildman–Crippen MR) is 125 cm³/mol. The molecule has 1 aromatic carbocycles. The molecule has 11 heteroatoms. The van der Waals surface area contributed by atoms with Crippen LogP contribution < -0.4 is 21.1 Å². The monoisotopic (exact) mass is 477 g/mol. The molecule has 5 N–H and O–H groups in total. The van der Waals surface area contributed by atoms with Crippen molar-refractivity contribution < 1.29 is 29.0 Å². The molecule has 1 aliphatic heterocycles. The van der Waals surface area contributed by atoms with Crippen LogP contribution in [0.15, 0.2) is 18.2 Å². The van der Waals surface area contributed by atoms with Crippen molar-refractivity contribution in [3.05, 3.63) is 23.8 Å². The van der Waals surface area contributed by atoms with Crippen LogP contribution >= 0.6 is 0 Å². The van der Waals surface area contributed by atoms with Crippen molar-refractivity contribution in [2.45, 2.75) is 45.2 Å². The number of hydrogen-bond acceptors (Lipinski definition) is 7. The van der Waals surface area contributed by atoms with Gasteiger partial charge in [-0.15, -0.1) is 0 Å². The van der Waals surface area contributed by atoms with E-state index in [4.69, 9.17) is 10.5 Å². The Bertz CT molecular complexity index is 891. The van der Waals surface area contributed by atoms with Gasteiger partial charge in [-0.3, -0.25) is 19.2 Å². The lowest BCUT2D eigenvalue weighted by atomic mass is 10.2. The lowest BCUT2D eigenvalue weighted by Gasteiger charge is -2.26. The normalized spacial score (nSPS) is 20.6. The third-order valence-electron chi connectivity index (χ3n) is 5.41. The van der Waals surface area contributed by atoms with Crippen molar-refractivity contribution in [1.82, 2.24) is 20.4 Å². The molecule has 0 saturated heterocycles. The van der Waals surface area contributed by atoms with Crippen LogP contribution in [0.2, 0.25) is 0 Å². The third-order valence-corrected chi connectivity index (χ3v) is 5.41. The molecule has 1 aromatic rings. The lowest BCUT2D eigenvalue weighted by Crippen LogP contribution is -2.47. The fourth-order valence-electron chi connectivity index (χ4n) is 3.58. The number of carbonyl (C=O) groups is 4. The van der Waals surface area contributed by atoms with Crippen LogP contribution in [0.1, 0.15) is 43.5 Å². The Kier molecular flexibility index (Phi) is 10.1. The number of rotatable bonds is 1. The zero-order valence-electron chi connectivity index (χ0n) is 20.0. The van der Waals surface area contributed by atoms with E-state index in [-0.39, 0.29) is 35.5 Å². The second-order valence-electron chi connectivity index (χ2n) is 8.48. The number of aromatic hydroxyl groups is 1. The average molecular weight is 478 g/mol. The number of benzene rings is 1. The van der Waals surface area contributed by atoms with Crippen molar-refractivity contribution in [3.63, 3.8) is 0 Å². The van der Waals surface area contributed by atoms with E-state index in [2.05, 4.69) is 10.6 Å². The molecule has 0 saturated carbocycles. The Labute approximate surface area is 199 Å². The zero-order chi connectivity index (χ0) is 25.3. The average Bonchev–Trinajstić information content (AvgIpc) is 2.79. The molecule has 4 amide bonds. The largest absolute Gasteiger partial charge is 0.508 e. The summed E-state index contributed by atoms with van der Waals surface area (Å²) < 4.78 is 5.41. The number of phenolic OH excluding ortho intramolecular Hbond substituents is 1. The molecule has 2 rings (SSSR count). The van der Waals surface area contributed by atoms with Crippen molar-refractivity contribution in [2.24, 2.45) is 5.73 Å². The van der Waals surface area contributed by atoms with E-state index in [1.54, 1.807) is 30.7 Å². The van der Waals surface area contributed by atoms with Crippen LogP contribution in [-0.2, 0) is 14.4 Å². The van der Waals surface area contributed by atoms with E-state index in [0.29, 0.717) is 45.4 Å². The number of ether oxygens (including phenoxy) is 1. The molecule has 0 unspecified atom stereocenters. The van der Waals surface area contributed by atoms with E-state index in [1.165, 1.54) is 18.2 Å². The van der Waals surface area contributed by atoms with Crippen molar-refractivity contribution in [3.8, 4) is 11.5 Å². The van der Waals surface area contributed by atoms with Gasteiger partial charge in [0.05, 0.1) is 6.04 Å². The van der Waals surface area contributed by atoms with Gasteiger partial charge in [-0.1, -0.05) is 0 Å². The van der Waals surface area contributed by atoms with Crippen LogP contribution in [0, 0.1) is 0 Å². The number of likely N-dealkylation sites (N-methyl/N-ethyl adjacent to an activating group) is 1. The first-order valence-corrected chi connectivity index (χ1v) is 11.4. The molecule has 11 nitrogen and oxygen atoms in total. The van der Waals surface area contributed by atoms with Gasteiger partial charge in [0, 0.05) is 44.9 Å². The maximum Gasteiger partial charge on any atom is 0.258 e. The van der Waals surface area contributed by atoms with Crippen LogP contribution in [0.25, 0.3) is 0 Å². The summed E-state index contributed by atoms with van der Waals surface area (Å²) in [6.45, 7) is 4.52. The minimum absolute atomic E-state index is 0.138. The summed E-state index contributed by atoms with van der Waals surface area (Å²) in [6.07, 6.45) is 1.86. The first kappa shape index (κ1) is 26.9. The fourth-order valence-corrected chi connectivity index (χ4v) is 3.58. The number of amides is 4. The van der Waals surface area contributed by atoms with Gasteiger partial charge < -0.3 is 36.0 Å². The summed E-state index contributed by atoms with van der Waals surface area (Å²) in [6, 6.07) is 2.59. The summed E-state index contributed by atoms with van der Waals surface area (Å²) in [5.41, 5.74) is 5.95. The molecule has 0 fully saturated rings. The second kappa shape index (κ2) is 12.8. The SMILES string of the molecule is C[C@@H]1NC(=O)COc2cc(O)cc(c2)C(=O)NCCCN(C(=O)[C@@H](C)N)CCCCN(C)C1=O. The lowest BCUT2D eigenvalue weighted by molar-refractivity contribution is -0.135. The Morgan fingerprint density at radius 2 is 1.82 bits per heavy atom. The van der Waals surface area contributed by atoms with Crippen molar-refractivity contribution in [1.29, 1.82) is 0 Å². The van der Waals surface area contributed by atoms with Gasteiger partial charge in [0.25, 0.3) is 11.8 Å². The highest BCUT2D eigenvalue weighted by atomic mass is 16.5. The van der Waals surface area contributed by atoms with Crippen LogP contribution in [-0.4, -0.2) is 90.5 Å². The van der Waals surface area contributed by atoms with Gasteiger partial charge in [-0.25, -0.2) is 0 Å². The minimum Gasteiger partial charge on any atom is -0.508 e. The van der Waals surface area contributed by atoms with E-state index in [0.717, 1.165) is 0 Å². The van der Waals surface area contributed by atoms with Crippen LogP contribution in [0.4, 0.5) is 0 Å². The molecule has 188 valence electrons. The van der Waals surface area contributed by atoms with E-state index < -0.39 is 23.9 Å². The minimum atomic E-state index is -0.756. The second-order valence-corrected chi connectivity index (χ2v) is 8.48. The standard InChI is InChI=1S/C23H35N5O6/c1-15(24)22(32)28-9-5-4-8-27(3)23(33)16(2)26-20(30)14-34-19-12-17(11-18(29)13-19)21(31)25-7-6-10-28/h11-13,15-16,29H,4-10,14,24H2,1-3H3,(H,25,31)(H,26,30)/t15-,16+/m1/s1. The molecular weight excluding hydrogens is 442 g/mol. The van der Waals surface area contributed by atoms with Crippen LogP contribution in [0.5, 0.6) is 11.5 Å². The Morgan fingerprint density at radius 1 is 1.15 bits per heavy atom.